The van der Waals surface area contributed by atoms with Gasteiger partial charge in [0.2, 0.25) is 0 Å². The Labute approximate surface area is 167 Å². The zero-order valence-electron chi connectivity index (χ0n) is 15.9. The minimum absolute atomic E-state index is 0.0597. The second-order valence-electron chi connectivity index (χ2n) is 6.36. The minimum Gasteiger partial charge on any atom is -0.491 e. The number of ether oxygens (including phenoxy) is 2. The summed E-state index contributed by atoms with van der Waals surface area (Å²) < 4.78 is 10.5. The molecule has 0 aliphatic heterocycles. The van der Waals surface area contributed by atoms with Gasteiger partial charge >= 0.3 is 5.97 Å². The van der Waals surface area contributed by atoms with Crippen LogP contribution < -0.4 is 10.1 Å². The van der Waals surface area contributed by atoms with Crippen molar-refractivity contribution in [3.63, 3.8) is 0 Å². The van der Waals surface area contributed by atoms with Crippen molar-refractivity contribution in [2.45, 2.75) is 20.0 Å². The minimum atomic E-state index is -0.483. The van der Waals surface area contributed by atoms with Crippen LogP contribution in [0.2, 0.25) is 0 Å². The summed E-state index contributed by atoms with van der Waals surface area (Å²) in [5.41, 5.74) is 1.87. The van der Waals surface area contributed by atoms with Gasteiger partial charge in [0.25, 0.3) is 5.91 Å². The molecule has 0 radical (unpaired) electrons. The van der Waals surface area contributed by atoms with Crippen molar-refractivity contribution in [1.29, 1.82) is 0 Å². The van der Waals surface area contributed by atoms with Crippen molar-refractivity contribution >= 4 is 28.9 Å². The molecule has 0 fully saturated rings. The Bertz CT molecular complexity index is 962. The van der Waals surface area contributed by atoms with Crippen LogP contribution in [-0.2, 0) is 4.74 Å². The first-order valence-electron chi connectivity index (χ1n) is 8.83. The van der Waals surface area contributed by atoms with Crippen LogP contribution in [-0.4, -0.2) is 25.1 Å². The van der Waals surface area contributed by atoms with E-state index in [4.69, 9.17) is 9.47 Å². The molecule has 6 heteroatoms. The third kappa shape index (κ3) is 4.58. The molecule has 3 rings (SSSR count). The van der Waals surface area contributed by atoms with Crippen LogP contribution in [0.25, 0.3) is 10.4 Å². The third-order valence-corrected chi connectivity index (χ3v) is 5.06. The Balaban J connectivity index is 1.85. The molecule has 0 spiro atoms. The monoisotopic (exact) mass is 395 g/mol. The number of rotatable bonds is 6. The number of nitrogens with one attached hydrogen (secondary N) is 1. The van der Waals surface area contributed by atoms with Crippen LogP contribution in [0.3, 0.4) is 0 Å². The van der Waals surface area contributed by atoms with Gasteiger partial charge < -0.3 is 14.8 Å². The molecule has 0 aliphatic carbocycles. The number of hydrogen-bond acceptors (Lipinski definition) is 5. The Hall–Kier alpha value is -3.12. The molecule has 144 valence electrons. The van der Waals surface area contributed by atoms with Crippen molar-refractivity contribution in [3.05, 3.63) is 71.1 Å². The Kier molecular flexibility index (Phi) is 6.11. The predicted molar refractivity (Wildman–Crippen MR) is 111 cm³/mol. The molecular weight excluding hydrogens is 374 g/mol. The highest BCUT2D eigenvalue weighted by Gasteiger charge is 2.20. The molecule has 1 heterocycles. The summed E-state index contributed by atoms with van der Waals surface area (Å²) in [6.45, 7) is 3.88. The number of amides is 1. The average molecular weight is 395 g/mol. The first-order valence-corrected chi connectivity index (χ1v) is 9.65. The first-order chi connectivity index (χ1) is 13.5. The molecule has 0 bridgehead atoms. The van der Waals surface area contributed by atoms with Crippen molar-refractivity contribution in [2.75, 3.05) is 12.4 Å². The molecule has 1 amide bonds. The summed E-state index contributed by atoms with van der Waals surface area (Å²) in [5.74, 6) is -0.0921. The smallest absolute Gasteiger partial charge is 0.350 e. The van der Waals surface area contributed by atoms with E-state index in [2.05, 4.69) is 5.32 Å². The van der Waals surface area contributed by atoms with Crippen LogP contribution in [0.4, 0.5) is 5.69 Å². The standard InChI is InChI=1S/C22H21NO4S/c1-14(2)27-17-11-9-16(10-12-17)21(24)23-18-13-19(15-7-5-4-6-8-15)28-20(18)22(25)26-3/h4-14H,1-3H3,(H,23,24). The Morgan fingerprint density at radius 2 is 1.68 bits per heavy atom. The maximum atomic E-state index is 12.7. The number of carbonyl (C=O) groups is 2. The summed E-state index contributed by atoms with van der Waals surface area (Å²) in [6, 6.07) is 18.3. The van der Waals surface area contributed by atoms with E-state index < -0.39 is 5.97 Å². The molecule has 0 atom stereocenters. The number of thiophene rings is 1. The van der Waals surface area contributed by atoms with Gasteiger partial charge in [-0.2, -0.15) is 0 Å². The fourth-order valence-electron chi connectivity index (χ4n) is 2.62. The fourth-order valence-corrected chi connectivity index (χ4v) is 3.66. The highest BCUT2D eigenvalue weighted by molar-refractivity contribution is 7.18. The van der Waals surface area contributed by atoms with Crippen molar-refractivity contribution in [3.8, 4) is 16.2 Å². The lowest BCUT2D eigenvalue weighted by molar-refractivity contribution is 0.0607. The zero-order valence-corrected chi connectivity index (χ0v) is 16.7. The van der Waals surface area contributed by atoms with Crippen LogP contribution in [0.15, 0.2) is 60.7 Å². The summed E-state index contributed by atoms with van der Waals surface area (Å²) in [5, 5.41) is 2.82. The van der Waals surface area contributed by atoms with Gasteiger partial charge in [0.05, 0.1) is 18.9 Å². The molecule has 3 aromatic rings. The molecule has 0 unspecified atom stereocenters. The topological polar surface area (TPSA) is 64.6 Å². The van der Waals surface area contributed by atoms with E-state index >= 15 is 0 Å². The molecule has 1 N–H and O–H groups in total. The van der Waals surface area contributed by atoms with Gasteiger partial charge in [-0.05, 0) is 49.7 Å². The fraction of sp³-hybridized carbons (Fsp3) is 0.182. The average Bonchev–Trinajstić information content (AvgIpc) is 3.12. The number of methoxy groups -OCH3 is 1. The van der Waals surface area contributed by atoms with Gasteiger partial charge in [-0.15, -0.1) is 11.3 Å². The lowest BCUT2D eigenvalue weighted by atomic mass is 10.1. The quantitative estimate of drug-likeness (QED) is 0.580. The number of benzene rings is 2. The highest BCUT2D eigenvalue weighted by Crippen LogP contribution is 2.35. The molecule has 0 aliphatic rings. The normalized spacial score (nSPS) is 10.6. The van der Waals surface area contributed by atoms with Crippen LogP contribution in [0.1, 0.15) is 33.9 Å². The predicted octanol–water partition coefficient (Wildman–Crippen LogP) is 5.24. The second-order valence-corrected chi connectivity index (χ2v) is 7.41. The van der Waals surface area contributed by atoms with Crippen LogP contribution >= 0.6 is 11.3 Å². The largest absolute Gasteiger partial charge is 0.491 e. The molecule has 2 aromatic carbocycles. The van der Waals surface area contributed by atoms with E-state index in [0.29, 0.717) is 21.9 Å². The van der Waals surface area contributed by atoms with E-state index in [9.17, 15) is 9.59 Å². The van der Waals surface area contributed by atoms with Crippen LogP contribution in [0, 0.1) is 0 Å². The van der Waals surface area contributed by atoms with Gasteiger partial charge in [0, 0.05) is 10.4 Å². The van der Waals surface area contributed by atoms with Gasteiger partial charge in [0.15, 0.2) is 0 Å². The molecule has 0 saturated heterocycles. The van der Waals surface area contributed by atoms with Crippen LogP contribution in [0.5, 0.6) is 5.75 Å². The maximum absolute atomic E-state index is 12.7. The zero-order chi connectivity index (χ0) is 20.1. The summed E-state index contributed by atoms with van der Waals surface area (Å²) in [4.78, 5) is 26.0. The lowest BCUT2D eigenvalue weighted by Gasteiger charge is -2.10. The van der Waals surface area contributed by atoms with Gasteiger partial charge in [0.1, 0.15) is 10.6 Å². The Morgan fingerprint density at radius 3 is 2.29 bits per heavy atom. The van der Waals surface area contributed by atoms with Crippen molar-refractivity contribution in [2.24, 2.45) is 0 Å². The van der Waals surface area contributed by atoms with Crippen molar-refractivity contribution < 1.29 is 19.1 Å². The number of anilines is 1. The molecular formula is C22H21NO4S. The second kappa shape index (κ2) is 8.71. The number of hydrogen-bond donors (Lipinski definition) is 1. The third-order valence-electron chi connectivity index (χ3n) is 3.90. The highest BCUT2D eigenvalue weighted by atomic mass is 32.1. The number of esters is 1. The Morgan fingerprint density at radius 1 is 1.00 bits per heavy atom. The molecule has 5 nitrogen and oxygen atoms in total. The maximum Gasteiger partial charge on any atom is 0.350 e. The van der Waals surface area contributed by atoms with Gasteiger partial charge in [-0.1, -0.05) is 30.3 Å². The molecule has 0 saturated carbocycles. The summed E-state index contributed by atoms with van der Waals surface area (Å²) in [7, 11) is 1.32. The molecule has 1 aromatic heterocycles. The summed E-state index contributed by atoms with van der Waals surface area (Å²) in [6.07, 6.45) is 0.0597. The lowest BCUT2D eigenvalue weighted by Crippen LogP contribution is -2.14. The van der Waals surface area contributed by atoms with E-state index in [0.717, 1.165) is 10.4 Å². The SMILES string of the molecule is COC(=O)c1sc(-c2ccccc2)cc1NC(=O)c1ccc(OC(C)C)cc1. The van der Waals surface area contributed by atoms with Gasteiger partial charge in [-0.25, -0.2) is 4.79 Å². The number of carbonyl (C=O) groups excluding carboxylic acids is 2. The summed E-state index contributed by atoms with van der Waals surface area (Å²) >= 11 is 1.28. The first kappa shape index (κ1) is 19.6. The van der Waals surface area contributed by atoms with E-state index in [-0.39, 0.29) is 12.0 Å². The van der Waals surface area contributed by atoms with Gasteiger partial charge in [-0.3, -0.25) is 4.79 Å². The molecule has 28 heavy (non-hydrogen) atoms. The van der Waals surface area contributed by atoms with E-state index in [1.807, 2.05) is 44.2 Å². The van der Waals surface area contributed by atoms with E-state index in [1.165, 1.54) is 18.4 Å². The van der Waals surface area contributed by atoms with E-state index in [1.54, 1.807) is 30.3 Å². The van der Waals surface area contributed by atoms with Crippen molar-refractivity contribution in [1.82, 2.24) is 0 Å².